The summed E-state index contributed by atoms with van der Waals surface area (Å²) in [5.41, 5.74) is 0. The molecular weight excluding hydrogens is 220 g/mol. The van der Waals surface area contributed by atoms with Crippen LogP contribution in [0.5, 0.6) is 0 Å². The van der Waals surface area contributed by atoms with Gasteiger partial charge in [0.1, 0.15) is 6.10 Å². The second-order valence-electron chi connectivity index (χ2n) is 2.85. The van der Waals surface area contributed by atoms with E-state index in [1.807, 2.05) is 0 Å². The first kappa shape index (κ1) is 12.1. The van der Waals surface area contributed by atoms with Crippen LogP contribution in [0.4, 0.5) is 0 Å². The van der Waals surface area contributed by atoms with Gasteiger partial charge in [-0.15, -0.1) is 0 Å². The van der Waals surface area contributed by atoms with Crippen LogP contribution in [-0.2, 0) is 14.3 Å². The van der Waals surface area contributed by atoms with E-state index in [2.05, 4.69) is 4.18 Å². The average Bonchev–Trinajstić information content (AvgIpc) is 2.27. The molecule has 0 aromatic heterocycles. The quantitative estimate of drug-likeness (QED) is 0.684. The lowest BCUT2D eigenvalue weighted by Gasteiger charge is -2.12. The normalized spacial score (nSPS) is 11.9. The summed E-state index contributed by atoms with van der Waals surface area (Å²) in [4.78, 5) is -0.00287. The van der Waals surface area contributed by atoms with E-state index in [4.69, 9.17) is 10.2 Å². The summed E-state index contributed by atoms with van der Waals surface area (Å²) in [7, 11) is -3.90. The molecule has 0 saturated carbocycles. The van der Waals surface area contributed by atoms with Crippen molar-refractivity contribution in [3.8, 4) is 0 Å². The fourth-order valence-corrected chi connectivity index (χ4v) is 2.02. The van der Waals surface area contributed by atoms with Gasteiger partial charge in [-0.25, -0.2) is 0 Å². The Bertz CT molecular complexity index is 382. The van der Waals surface area contributed by atoms with E-state index in [-0.39, 0.29) is 4.90 Å². The molecule has 0 radical (unpaired) electrons. The first-order chi connectivity index (χ1) is 7.10. The van der Waals surface area contributed by atoms with Gasteiger partial charge in [-0.1, -0.05) is 18.2 Å². The topological polar surface area (TPSA) is 83.8 Å². The zero-order chi connectivity index (χ0) is 11.3. The van der Waals surface area contributed by atoms with Crippen LogP contribution in [0.25, 0.3) is 0 Å². The van der Waals surface area contributed by atoms with Crippen LogP contribution in [0, 0.1) is 0 Å². The van der Waals surface area contributed by atoms with Crippen molar-refractivity contribution < 1.29 is 22.8 Å². The summed E-state index contributed by atoms with van der Waals surface area (Å²) >= 11 is 0. The molecule has 1 aromatic carbocycles. The maximum absolute atomic E-state index is 11.5. The maximum Gasteiger partial charge on any atom is 0.297 e. The lowest BCUT2D eigenvalue weighted by Crippen LogP contribution is -2.25. The van der Waals surface area contributed by atoms with Gasteiger partial charge in [0.05, 0.1) is 18.1 Å². The number of benzene rings is 1. The molecular formula is C9H12O5S. The molecule has 0 heterocycles. The molecule has 5 nitrogen and oxygen atoms in total. The van der Waals surface area contributed by atoms with E-state index in [1.165, 1.54) is 12.1 Å². The van der Waals surface area contributed by atoms with Crippen molar-refractivity contribution in [3.05, 3.63) is 30.3 Å². The summed E-state index contributed by atoms with van der Waals surface area (Å²) in [5.74, 6) is 0. The first-order valence-corrected chi connectivity index (χ1v) is 5.71. The Hall–Kier alpha value is -0.950. The summed E-state index contributed by atoms with van der Waals surface area (Å²) in [6.45, 7) is -1.11. The number of hydrogen-bond acceptors (Lipinski definition) is 5. The number of aliphatic hydroxyl groups excluding tert-OH is 2. The number of rotatable bonds is 5. The van der Waals surface area contributed by atoms with Crippen molar-refractivity contribution in [1.82, 2.24) is 0 Å². The molecule has 0 amide bonds. The summed E-state index contributed by atoms with van der Waals surface area (Å²) < 4.78 is 27.6. The van der Waals surface area contributed by atoms with Crippen molar-refractivity contribution in [3.63, 3.8) is 0 Å². The molecule has 2 N–H and O–H groups in total. The van der Waals surface area contributed by atoms with E-state index in [0.717, 1.165) is 0 Å². The molecule has 0 saturated heterocycles. The minimum Gasteiger partial charge on any atom is -0.394 e. The lowest BCUT2D eigenvalue weighted by molar-refractivity contribution is 0.0675. The van der Waals surface area contributed by atoms with Crippen LogP contribution in [-0.4, -0.2) is 37.9 Å². The molecule has 1 rings (SSSR count). The second-order valence-corrected chi connectivity index (χ2v) is 4.42. The van der Waals surface area contributed by atoms with E-state index < -0.39 is 29.4 Å². The third-order valence-corrected chi connectivity index (χ3v) is 3.08. The summed E-state index contributed by atoms with van der Waals surface area (Å²) in [6.07, 6.45) is -1.12. The number of aliphatic hydroxyl groups is 2. The largest absolute Gasteiger partial charge is 0.394 e. The zero-order valence-corrected chi connectivity index (χ0v) is 8.72. The maximum atomic E-state index is 11.5. The first-order valence-electron chi connectivity index (χ1n) is 4.30. The smallest absolute Gasteiger partial charge is 0.297 e. The van der Waals surface area contributed by atoms with Crippen molar-refractivity contribution in [2.45, 2.75) is 11.0 Å². The highest BCUT2D eigenvalue weighted by atomic mass is 32.2. The highest BCUT2D eigenvalue weighted by molar-refractivity contribution is 7.86. The Labute approximate surface area is 88.1 Å². The van der Waals surface area contributed by atoms with Crippen molar-refractivity contribution >= 4 is 10.1 Å². The van der Waals surface area contributed by atoms with Gasteiger partial charge in [0.2, 0.25) is 0 Å². The van der Waals surface area contributed by atoms with Gasteiger partial charge >= 0.3 is 0 Å². The van der Waals surface area contributed by atoms with Gasteiger partial charge in [-0.05, 0) is 12.1 Å². The lowest BCUT2D eigenvalue weighted by atomic mass is 10.4. The van der Waals surface area contributed by atoms with Gasteiger partial charge in [0.15, 0.2) is 0 Å². The molecule has 84 valence electrons. The SMILES string of the molecule is O=S(=O)(OC(CO)CO)c1ccccc1. The Balaban J connectivity index is 2.85. The summed E-state index contributed by atoms with van der Waals surface area (Å²) in [5, 5.41) is 17.4. The average molecular weight is 232 g/mol. The minimum atomic E-state index is -3.90. The van der Waals surface area contributed by atoms with E-state index in [1.54, 1.807) is 18.2 Å². The van der Waals surface area contributed by atoms with Crippen LogP contribution in [0.15, 0.2) is 35.2 Å². The molecule has 0 unspecified atom stereocenters. The van der Waals surface area contributed by atoms with Crippen LogP contribution >= 0.6 is 0 Å². The van der Waals surface area contributed by atoms with E-state index in [0.29, 0.717) is 0 Å². The monoisotopic (exact) mass is 232 g/mol. The number of hydrogen-bond donors (Lipinski definition) is 2. The predicted octanol–water partition coefficient (Wildman–Crippen LogP) is -0.255. The van der Waals surface area contributed by atoms with Crippen molar-refractivity contribution in [2.24, 2.45) is 0 Å². The molecule has 0 aliphatic carbocycles. The fourth-order valence-electron chi connectivity index (χ4n) is 0.940. The van der Waals surface area contributed by atoms with Gasteiger partial charge in [0, 0.05) is 0 Å². The third kappa shape index (κ3) is 3.28. The standard InChI is InChI=1S/C9H12O5S/c10-6-8(7-11)14-15(12,13)9-4-2-1-3-5-9/h1-5,8,10-11H,6-7H2. The molecule has 6 heteroatoms. The highest BCUT2D eigenvalue weighted by Crippen LogP contribution is 2.13. The molecule has 0 fully saturated rings. The molecule has 0 aliphatic rings. The molecule has 15 heavy (non-hydrogen) atoms. The van der Waals surface area contributed by atoms with Crippen LogP contribution < -0.4 is 0 Å². The van der Waals surface area contributed by atoms with Crippen molar-refractivity contribution in [1.29, 1.82) is 0 Å². The fraction of sp³-hybridized carbons (Fsp3) is 0.333. The third-order valence-electron chi connectivity index (χ3n) is 1.70. The van der Waals surface area contributed by atoms with Crippen LogP contribution in [0.3, 0.4) is 0 Å². The molecule has 0 bridgehead atoms. The molecule has 0 spiro atoms. The predicted molar refractivity (Wildman–Crippen MR) is 52.7 cm³/mol. The second kappa shape index (κ2) is 5.22. The van der Waals surface area contributed by atoms with Gasteiger partial charge in [0.25, 0.3) is 10.1 Å². The van der Waals surface area contributed by atoms with Crippen LogP contribution in [0.1, 0.15) is 0 Å². The summed E-state index contributed by atoms with van der Waals surface area (Å²) in [6, 6.07) is 7.54. The molecule has 0 atom stereocenters. The Morgan fingerprint density at radius 3 is 2.13 bits per heavy atom. The van der Waals surface area contributed by atoms with E-state index in [9.17, 15) is 8.42 Å². The van der Waals surface area contributed by atoms with E-state index >= 15 is 0 Å². The Kier molecular flexibility index (Phi) is 4.22. The minimum absolute atomic E-state index is 0.00287. The van der Waals surface area contributed by atoms with Crippen molar-refractivity contribution in [2.75, 3.05) is 13.2 Å². The zero-order valence-electron chi connectivity index (χ0n) is 7.91. The van der Waals surface area contributed by atoms with Gasteiger partial charge in [-0.3, -0.25) is 4.18 Å². The van der Waals surface area contributed by atoms with Gasteiger partial charge < -0.3 is 10.2 Å². The molecule has 0 aliphatic heterocycles. The highest BCUT2D eigenvalue weighted by Gasteiger charge is 2.20. The Morgan fingerprint density at radius 2 is 1.67 bits per heavy atom. The van der Waals surface area contributed by atoms with Crippen LogP contribution in [0.2, 0.25) is 0 Å². The van der Waals surface area contributed by atoms with Gasteiger partial charge in [-0.2, -0.15) is 8.42 Å². The molecule has 1 aromatic rings. The Morgan fingerprint density at radius 1 is 1.13 bits per heavy atom.